The van der Waals surface area contributed by atoms with E-state index in [2.05, 4.69) is 41.2 Å². The van der Waals surface area contributed by atoms with E-state index in [-0.39, 0.29) is 48.5 Å². The first-order chi connectivity index (χ1) is 26.1. The van der Waals surface area contributed by atoms with Gasteiger partial charge < -0.3 is 39.7 Å². The predicted molar refractivity (Wildman–Crippen MR) is 190 cm³/mol. The highest BCUT2D eigenvalue weighted by Gasteiger charge is 2.40. The summed E-state index contributed by atoms with van der Waals surface area (Å²) in [6.45, 7) is 3.89. The number of hydrogen-bond donors (Lipinski definition) is 5. The average molecular weight is 739 g/mol. The summed E-state index contributed by atoms with van der Waals surface area (Å²) in [5, 5.41) is 21.7. The number of amides is 4. The van der Waals surface area contributed by atoms with Crippen LogP contribution in [-0.4, -0.2) is 91.9 Å². The van der Waals surface area contributed by atoms with Crippen molar-refractivity contribution in [2.45, 2.75) is 51.4 Å². The number of carbonyl (C=O) groups excluding carboxylic acids is 4. The number of nitrogens with zero attached hydrogens (tertiary/aromatic N) is 6. The Bertz CT molecular complexity index is 2310. The summed E-state index contributed by atoms with van der Waals surface area (Å²) in [5.41, 5.74) is 3.54. The molecule has 2 saturated heterocycles. The lowest BCUT2D eigenvalue weighted by molar-refractivity contribution is -0.136. The molecule has 17 nitrogen and oxygen atoms in total. The SMILES string of the molecule is Cc1cc(-c2nc(C(=O)Nc3cc4oc(NCCNCc5cc(F)c6c(c5)CN(C5CCC(=O)NC5=O)C6=O)nc4nc3N3CC[C@@H](O)C3)co2)ccn1. The fraction of sp³-hybridized carbons (Fsp3) is 0.333. The quantitative estimate of drug-likeness (QED) is 0.0971. The summed E-state index contributed by atoms with van der Waals surface area (Å²) in [6, 6.07) is 7.57. The molecule has 7 heterocycles. The van der Waals surface area contributed by atoms with Crippen LogP contribution in [0.2, 0.25) is 0 Å². The number of aromatic nitrogens is 4. The minimum atomic E-state index is -0.822. The Kier molecular flexibility index (Phi) is 9.20. The molecule has 18 heteroatoms. The van der Waals surface area contributed by atoms with E-state index in [4.69, 9.17) is 8.83 Å². The molecule has 1 unspecified atom stereocenters. The molecule has 2 fully saturated rings. The molecule has 5 N–H and O–H groups in total. The van der Waals surface area contributed by atoms with Crippen LogP contribution in [0.3, 0.4) is 0 Å². The zero-order chi connectivity index (χ0) is 37.5. The van der Waals surface area contributed by atoms with E-state index in [1.807, 2.05) is 11.8 Å². The smallest absolute Gasteiger partial charge is 0.297 e. The van der Waals surface area contributed by atoms with Crippen LogP contribution in [0.5, 0.6) is 0 Å². The van der Waals surface area contributed by atoms with E-state index in [0.29, 0.717) is 78.6 Å². The third kappa shape index (κ3) is 6.95. The van der Waals surface area contributed by atoms with E-state index >= 15 is 4.39 Å². The number of β-amino-alcohol motifs (C(OH)–C–C–N with tert-alkyl or cyclic N) is 1. The maximum Gasteiger partial charge on any atom is 0.297 e. The zero-order valence-corrected chi connectivity index (χ0v) is 29.0. The van der Waals surface area contributed by atoms with Crippen LogP contribution in [0.15, 0.2) is 51.6 Å². The zero-order valence-electron chi connectivity index (χ0n) is 29.0. The number of aliphatic hydroxyl groups is 1. The van der Waals surface area contributed by atoms with Crippen LogP contribution in [0.4, 0.5) is 21.9 Å². The van der Waals surface area contributed by atoms with E-state index in [1.54, 1.807) is 30.5 Å². The highest BCUT2D eigenvalue weighted by atomic mass is 19.1. The number of hydrogen-bond acceptors (Lipinski definition) is 14. The molecule has 4 aromatic heterocycles. The van der Waals surface area contributed by atoms with Gasteiger partial charge in [0.2, 0.25) is 23.4 Å². The monoisotopic (exact) mass is 738 g/mol. The van der Waals surface area contributed by atoms with Crippen molar-refractivity contribution in [1.82, 2.24) is 35.5 Å². The van der Waals surface area contributed by atoms with Gasteiger partial charge in [-0.15, -0.1) is 0 Å². The third-order valence-corrected chi connectivity index (χ3v) is 9.49. The van der Waals surface area contributed by atoms with Gasteiger partial charge in [-0.05, 0) is 49.1 Å². The number of oxazole rings is 2. The van der Waals surface area contributed by atoms with Gasteiger partial charge in [-0.25, -0.2) is 14.4 Å². The molecule has 278 valence electrons. The molecule has 0 spiro atoms. The lowest BCUT2D eigenvalue weighted by Crippen LogP contribution is -2.52. The summed E-state index contributed by atoms with van der Waals surface area (Å²) in [5.74, 6) is -1.99. The number of aliphatic hydroxyl groups excluding tert-OH is 1. The van der Waals surface area contributed by atoms with Gasteiger partial charge in [0.05, 0.1) is 17.4 Å². The summed E-state index contributed by atoms with van der Waals surface area (Å²) in [6.07, 6.45) is 3.22. The maximum absolute atomic E-state index is 15.1. The van der Waals surface area contributed by atoms with Gasteiger partial charge in [-0.1, -0.05) is 6.07 Å². The normalized spacial score (nSPS) is 18.4. The van der Waals surface area contributed by atoms with Crippen molar-refractivity contribution in [3.05, 3.63) is 76.7 Å². The number of carbonyl (C=O) groups is 4. The minimum Gasteiger partial charge on any atom is -0.444 e. The second-order valence-electron chi connectivity index (χ2n) is 13.4. The van der Waals surface area contributed by atoms with E-state index in [0.717, 1.165) is 5.69 Å². The number of anilines is 3. The lowest BCUT2D eigenvalue weighted by atomic mass is 10.0. The van der Waals surface area contributed by atoms with Gasteiger partial charge in [-0.2, -0.15) is 4.98 Å². The van der Waals surface area contributed by atoms with Crippen LogP contribution in [0.1, 0.15) is 56.9 Å². The van der Waals surface area contributed by atoms with Crippen molar-refractivity contribution in [2.24, 2.45) is 0 Å². The average Bonchev–Trinajstić information content (AvgIpc) is 3.94. The molecule has 0 radical (unpaired) electrons. The first-order valence-electron chi connectivity index (χ1n) is 17.4. The summed E-state index contributed by atoms with van der Waals surface area (Å²) < 4.78 is 26.6. The molecule has 8 rings (SSSR count). The Hall–Kier alpha value is -6.27. The molecule has 3 aliphatic rings. The Balaban J connectivity index is 0.904. The Labute approximate surface area is 306 Å². The maximum atomic E-state index is 15.1. The molecule has 0 aliphatic carbocycles. The Morgan fingerprint density at radius 3 is 2.78 bits per heavy atom. The number of halogens is 1. The number of imide groups is 1. The predicted octanol–water partition coefficient (Wildman–Crippen LogP) is 2.51. The van der Waals surface area contributed by atoms with Gasteiger partial charge in [0, 0.05) is 69.2 Å². The summed E-state index contributed by atoms with van der Waals surface area (Å²) in [4.78, 5) is 71.0. The van der Waals surface area contributed by atoms with Crippen LogP contribution in [-0.2, 0) is 22.7 Å². The summed E-state index contributed by atoms with van der Waals surface area (Å²) >= 11 is 0. The molecule has 1 aromatic carbocycles. The first-order valence-corrected chi connectivity index (χ1v) is 17.4. The molecule has 0 bridgehead atoms. The van der Waals surface area contributed by atoms with E-state index < -0.39 is 35.7 Å². The second kappa shape index (κ2) is 14.3. The van der Waals surface area contributed by atoms with Crippen LogP contribution in [0.25, 0.3) is 22.7 Å². The van der Waals surface area contributed by atoms with Crippen LogP contribution < -0.4 is 26.2 Å². The van der Waals surface area contributed by atoms with Gasteiger partial charge in [0.1, 0.15) is 18.1 Å². The number of rotatable bonds is 11. The Morgan fingerprint density at radius 1 is 1.11 bits per heavy atom. The van der Waals surface area contributed by atoms with Gasteiger partial charge in [0.25, 0.3) is 17.8 Å². The number of piperidine rings is 1. The molecule has 54 heavy (non-hydrogen) atoms. The number of aryl methyl sites for hydroxylation is 1. The number of benzene rings is 1. The van der Waals surface area contributed by atoms with Gasteiger partial charge >= 0.3 is 0 Å². The highest BCUT2D eigenvalue weighted by molar-refractivity contribution is 6.06. The first kappa shape index (κ1) is 34.8. The molecular formula is C36H35FN10O7. The standard InChI is InChI=1S/C36H35FN10O7/c1-18-10-20(4-6-39-18)34-42-25(17-53-34)32(50)41-24-13-27-30(44-31(24)46-9-5-22(48)16-46)45-36(54-27)40-8-7-38-14-19-11-21-15-47(35(52)29(21)23(37)12-19)26-2-3-28(49)43-33(26)51/h4,6,10-13,17,22,26,38,48H,2-3,5,7-9,14-16H2,1H3,(H,41,50)(H,40,44,45)(H,43,49,51)/t22-,26?/m1/s1. The largest absolute Gasteiger partial charge is 0.444 e. The molecule has 0 saturated carbocycles. The number of fused-ring (bicyclic) bond motifs is 2. The molecule has 4 amide bonds. The van der Waals surface area contributed by atoms with Crippen LogP contribution in [0, 0.1) is 12.7 Å². The minimum absolute atomic E-state index is 0.0511. The van der Waals surface area contributed by atoms with Crippen LogP contribution >= 0.6 is 0 Å². The fourth-order valence-corrected chi connectivity index (χ4v) is 6.89. The van der Waals surface area contributed by atoms with E-state index in [9.17, 15) is 24.3 Å². The lowest BCUT2D eigenvalue weighted by Gasteiger charge is -2.29. The topological polar surface area (TPSA) is 221 Å². The van der Waals surface area contributed by atoms with Crippen molar-refractivity contribution in [1.29, 1.82) is 0 Å². The van der Waals surface area contributed by atoms with Gasteiger partial charge in [-0.3, -0.25) is 29.5 Å². The second-order valence-corrected chi connectivity index (χ2v) is 13.4. The van der Waals surface area contributed by atoms with E-state index in [1.165, 1.54) is 17.2 Å². The van der Waals surface area contributed by atoms with Crippen molar-refractivity contribution >= 4 is 52.4 Å². The van der Waals surface area contributed by atoms with Crippen molar-refractivity contribution in [2.75, 3.05) is 41.7 Å². The Morgan fingerprint density at radius 2 is 1.98 bits per heavy atom. The number of pyridine rings is 2. The molecule has 5 aromatic rings. The van der Waals surface area contributed by atoms with Gasteiger partial charge in [0.15, 0.2) is 17.1 Å². The molecule has 3 aliphatic heterocycles. The van der Waals surface area contributed by atoms with Crippen molar-refractivity contribution in [3.8, 4) is 11.5 Å². The third-order valence-electron chi connectivity index (χ3n) is 9.49. The van der Waals surface area contributed by atoms with Crippen molar-refractivity contribution in [3.63, 3.8) is 0 Å². The number of nitrogens with one attached hydrogen (secondary N) is 4. The molecule has 2 atom stereocenters. The fourth-order valence-electron chi connectivity index (χ4n) is 6.89. The van der Waals surface area contributed by atoms with Crippen molar-refractivity contribution < 1.29 is 37.5 Å². The summed E-state index contributed by atoms with van der Waals surface area (Å²) in [7, 11) is 0. The highest BCUT2D eigenvalue weighted by Crippen LogP contribution is 2.33. The molecular weight excluding hydrogens is 703 g/mol.